The molecule has 0 spiro atoms. The zero-order valence-electron chi connectivity index (χ0n) is 9.51. The smallest absolute Gasteiger partial charge is 0.224 e. The van der Waals surface area contributed by atoms with Crippen LogP contribution in [-0.4, -0.2) is 22.2 Å². The van der Waals surface area contributed by atoms with Crippen LogP contribution in [0.2, 0.25) is 5.28 Å². The van der Waals surface area contributed by atoms with Crippen molar-refractivity contribution in [3.05, 3.63) is 29.0 Å². The van der Waals surface area contributed by atoms with E-state index in [-0.39, 0.29) is 5.28 Å². The lowest BCUT2D eigenvalue weighted by molar-refractivity contribution is 0.390. The third kappa shape index (κ3) is 2.65. The Balaban J connectivity index is 2.19. The maximum Gasteiger partial charge on any atom is 0.224 e. The maximum atomic E-state index is 5.78. The molecule has 0 amide bonds. The zero-order chi connectivity index (χ0) is 12.4. The van der Waals surface area contributed by atoms with Crippen LogP contribution in [0.4, 0.5) is 11.5 Å². The van der Waals surface area contributed by atoms with Gasteiger partial charge >= 0.3 is 0 Å². The van der Waals surface area contributed by atoms with E-state index in [9.17, 15) is 0 Å². The Hall–Kier alpha value is -1.82. The molecule has 0 saturated carbocycles. The number of hydrogen-bond acceptors (Lipinski definition) is 6. The van der Waals surface area contributed by atoms with E-state index >= 15 is 0 Å². The van der Waals surface area contributed by atoms with Crippen molar-refractivity contribution >= 4 is 23.1 Å². The number of halogens is 1. The first-order chi connectivity index (χ1) is 8.06. The van der Waals surface area contributed by atoms with Crippen molar-refractivity contribution in [3.8, 4) is 0 Å². The number of aromatic nitrogens is 3. The number of hydrogen-bond donors (Lipinski definition) is 1. The fourth-order valence-electron chi connectivity index (χ4n) is 1.48. The first-order valence-corrected chi connectivity index (χ1v) is 5.35. The molecule has 0 bridgehead atoms. The molecule has 0 aliphatic rings. The van der Waals surface area contributed by atoms with Gasteiger partial charge in [-0.15, -0.1) is 0 Å². The first-order valence-electron chi connectivity index (χ1n) is 4.97. The van der Waals surface area contributed by atoms with E-state index in [1.807, 2.05) is 24.9 Å². The Morgan fingerprint density at radius 1 is 1.53 bits per heavy atom. The van der Waals surface area contributed by atoms with Gasteiger partial charge < -0.3 is 15.2 Å². The predicted octanol–water partition coefficient (Wildman–Crippen LogP) is 1.65. The predicted molar refractivity (Wildman–Crippen MR) is 64.8 cm³/mol. The summed E-state index contributed by atoms with van der Waals surface area (Å²) in [5.74, 6) is 1.34. The molecular formula is C10H12ClN5O. The van der Waals surface area contributed by atoms with Crippen molar-refractivity contribution < 1.29 is 4.52 Å². The average Bonchev–Trinajstić information content (AvgIpc) is 2.67. The van der Waals surface area contributed by atoms with E-state index in [4.69, 9.17) is 21.9 Å². The molecule has 0 radical (unpaired) electrons. The fraction of sp³-hybridized carbons (Fsp3) is 0.300. The van der Waals surface area contributed by atoms with Crippen LogP contribution in [0.5, 0.6) is 0 Å². The van der Waals surface area contributed by atoms with E-state index in [1.165, 1.54) is 6.20 Å². The molecule has 0 unspecified atom stereocenters. The molecule has 2 heterocycles. The second kappa shape index (κ2) is 4.58. The van der Waals surface area contributed by atoms with Crippen molar-refractivity contribution in [2.45, 2.75) is 13.5 Å². The van der Waals surface area contributed by atoms with Gasteiger partial charge in [-0.3, -0.25) is 0 Å². The molecule has 17 heavy (non-hydrogen) atoms. The number of nitrogen functional groups attached to an aromatic ring is 1. The molecule has 2 aromatic rings. The molecule has 2 aromatic heterocycles. The van der Waals surface area contributed by atoms with Crippen LogP contribution in [-0.2, 0) is 6.54 Å². The molecule has 0 saturated heterocycles. The first kappa shape index (κ1) is 11.7. The Labute approximate surface area is 103 Å². The number of rotatable bonds is 3. The topological polar surface area (TPSA) is 81.1 Å². The molecule has 0 atom stereocenters. The van der Waals surface area contributed by atoms with E-state index < -0.39 is 0 Å². The van der Waals surface area contributed by atoms with E-state index in [2.05, 4.69) is 15.1 Å². The highest BCUT2D eigenvalue weighted by molar-refractivity contribution is 6.28. The van der Waals surface area contributed by atoms with Crippen molar-refractivity contribution in [3.63, 3.8) is 0 Å². The van der Waals surface area contributed by atoms with Gasteiger partial charge in [-0.2, -0.15) is 4.98 Å². The van der Waals surface area contributed by atoms with Crippen molar-refractivity contribution in [2.75, 3.05) is 17.7 Å². The van der Waals surface area contributed by atoms with E-state index in [0.717, 1.165) is 11.5 Å². The lowest BCUT2D eigenvalue weighted by Gasteiger charge is -2.17. The third-order valence-electron chi connectivity index (χ3n) is 2.20. The minimum Gasteiger partial charge on any atom is -0.394 e. The van der Waals surface area contributed by atoms with Crippen LogP contribution < -0.4 is 10.6 Å². The highest BCUT2D eigenvalue weighted by Gasteiger charge is 2.11. The summed E-state index contributed by atoms with van der Waals surface area (Å²) in [6.07, 6.45) is 1.48. The molecule has 0 aromatic carbocycles. The Morgan fingerprint density at radius 2 is 2.29 bits per heavy atom. The summed E-state index contributed by atoms with van der Waals surface area (Å²) in [6.45, 7) is 2.38. The molecule has 6 nitrogen and oxygen atoms in total. The van der Waals surface area contributed by atoms with Gasteiger partial charge in [0.1, 0.15) is 11.5 Å². The lowest BCUT2D eigenvalue weighted by atomic mass is 10.3. The van der Waals surface area contributed by atoms with Gasteiger partial charge in [0.15, 0.2) is 5.82 Å². The number of anilines is 2. The van der Waals surface area contributed by atoms with E-state index in [1.54, 1.807) is 0 Å². The van der Waals surface area contributed by atoms with E-state index in [0.29, 0.717) is 18.1 Å². The SMILES string of the molecule is Cc1cc(CN(C)c2nc(Cl)ncc2N)no1. The molecule has 7 heteroatoms. The van der Waals surface area contributed by atoms with Gasteiger partial charge in [0.05, 0.1) is 18.4 Å². The highest BCUT2D eigenvalue weighted by Crippen LogP contribution is 2.21. The van der Waals surface area contributed by atoms with Crippen molar-refractivity contribution in [1.29, 1.82) is 0 Å². The molecule has 0 aliphatic carbocycles. The van der Waals surface area contributed by atoms with Crippen LogP contribution in [0, 0.1) is 6.92 Å². The molecule has 2 N–H and O–H groups in total. The summed E-state index contributed by atoms with van der Waals surface area (Å²) in [5, 5.41) is 4.06. The van der Waals surface area contributed by atoms with Gasteiger partial charge in [-0.25, -0.2) is 4.98 Å². The summed E-state index contributed by atoms with van der Waals surface area (Å²) < 4.78 is 4.99. The highest BCUT2D eigenvalue weighted by atomic mass is 35.5. The quantitative estimate of drug-likeness (QED) is 0.838. The van der Waals surface area contributed by atoms with Gasteiger partial charge in [0.25, 0.3) is 0 Å². The third-order valence-corrected chi connectivity index (χ3v) is 2.39. The molecule has 2 rings (SSSR count). The average molecular weight is 254 g/mol. The van der Waals surface area contributed by atoms with Crippen molar-refractivity contribution in [1.82, 2.24) is 15.1 Å². The minimum atomic E-state index is 0.164. The summed E-state index contributed by atoms with van der Waals surface area (Å²) in [6, 6.07) is 1.86. The normalized spacial score (nSPS) is 10.5. The van der Waals surface area contributed by atoms with Gasteiger partial charge in [0.2, 0.25) is 5.28 Å². The summed E-state index contributed by atoms with van der Waals surface area (Å²) in [5.41, 5.74) is 7.05. The Kier molecular flexibility index (Phi) is 3.14. The summed E-state index contributed by atoms with van der Waals surface area (Å²) in [4.78, 5) is 9.71. The zero-order valence-corrected chi connectivity index (χ0v) is 10.3. The second-order valence-electron chi connectivity index (χ2n) is 3.70. The lowest BCUT2D eigenvalue weighted by Crippen LogP contribution is -2.19. The van der Waals surface area contributed by atoms with Gasteiger partial charge in [0, 0.05) is 13.1 Å². The minimum absolute atomic E-state index is 0.164. The number of nitrogens with two attached hydrogens (primary N) is 1. The molecule has 0 aliphatic heterocycles. The van der Waals surface area contributed by atoms with Crippen LogP contribution in [0.15, 0.2) is 16.8 Å². The maximum absolute atomic E-state index is 5.78. The van der Waals surface area contributed by atoms with Crippen LogP contribution >= 0.6 is 11.6 Å². The second-order valence-corrected chi connectivity index (χ2v) is 4.04. The molecular weight excluding hydrogens is 242 g/mol. The number of nitrogens with zero attached hydrogens (tertiary/aromatic N) is 4. The fourth-order valence-corrected chi connectivity index (χ4v) is 1.61. The Morgan fingerprint density at radius 3 is 2.94 bits per heavy atom. The summed E-state index contributed by atoms with van der Waals surface area (Å²) >= 11 is 5.73. The van der Waals surface area contributed by atoms with Crippen molar-refractivity contribution in [2.24, 2.45) is 0 Å². The van der Waals surface area contributed by atoms with Crippen LogP contribution in [0.25, 0.3) is 0 Å². The molecule has 90 valence electrons. The Bertz CT molecular complexity index is 527. The van der Waals surface area contributed by atoms with Crippen LogP contribution in [0.3, 0.4) is 0 Å². The van der Waals surface area contributed by atoms with Gasteiger partial charge in [-0.05, 0) is 18.5 Å². The monoisotopic (exact) mass is 253 g/mol. The number of aryl methyl sites for hydroxylation is 1. The van der Waals surface area contributed by atoms with Gasteiger partial charge in [-0.1, -0.05) is 5.16 Å². The summed E-state index contributed by atoms with van der Waals surface area (Å²) in [7, 11) is 1.85. The molecule has 0 fully saturated rings. The van der Waals surface area contributed by atoms with Crippen LogP contribution in [0.1, 0.15) is 11.5 Å². The largest absolute Gasteiger partial charge is 0.394 e. The standard InChI is InChI=1S/C10H12ClN5O/c1-6-3-7(15-17-6)5-16(2)9-8(12)4-13-10(11)14-9/h3-4H,5,12H2,1-2H3.